The molecule has 0 saturated heterocycles. The number of carboxylic acids is 1. The minimum absolute atomic E-state index is 0.0344. The number of carbonyl (C=O) groups is 3. The molecule has 0 aliphatic rings. The maximum atomic E-state index is 11.0. The van der Waals surface area contributed by atoms with Crippen molar-refractivity contribution in [3.63, 3.8) is 0 Å². The fraction of sp³-hybridized carbons (Fsp3) is 0.625. The summed E-state index contributed by atoms with van der Waals surface area (Å²) >= 11 is 1.15. The van der Waals surface area contributed by atoms with Crippen LogP contribution in [0, 0.1) is 5.92 Å². The zero-order chi connectivity index (χ0) is 11.8. The first-order valence-corrected chi connectivity index (χ1v) is 5.31. The third kappa shape index (κ3) is 6.78. The van der Waals surface area contributed by atoms with Gasteiger partial charge in [0.15, 0.2) is 0 Å². The number of alkyl carbamates (subject to hydrolysis) is 1. The second-order valence-corrected chi connectivity index (χ2v) is 3.82. The Bertz CT molecular complexity index is 255. The van der Waals surface area contributed by atoms with E-state index in [9.17, 15) is 14.4 Å². The SMILES string of the molecule is COC(=O)NC(=O)CSCC(C)C(=O)O. The molecule has 2 N–H and O–H groups in total. The van der Waals surface area contributed by atoms with Crippen molar-refractivity contribution in [1.29, 1.82) is 0 Å². The minimum atomic E-state index is -0.907. The van der Waals surface area contributed by atoms with Gasteiger partial charge in [0.2, 0.25) is 5.91 Å². The molecular weight excluding hydrogens is 222 g/mol. The molecule has 1 atom stereocenters. The predicted octanol–water partition coefficient (Wildman–Crippen LogP) is 0.323. The van der Waals surface area contributed by atoms with Crippen LogP contribution in [0.5, 0.6) is 0 Å². The lowest BCUT2D eigenvalue weighted by Crippen LogP contribution is -2.31. The second-order valence-electron chi connectivity index (χ2n) is 2.79. The topological polar surface area (TPSA) is 92.7 Å². The fourth-order valence-electron chi connectivity index (χ4n) is 0.601. The molecule has 6 nitrogen and oxygen atoms in total. The summed E-state index contributed by atoms with van der Waals surface area (Å²) in [6.07, 6.45) is -0.813. The van der Waals surface area contributed by atoms with Crippen LogP contribution in [-0.4, -0.2) is 41.7 Å². The third-order valence-corrected chi connectivity index (χ3v) is 2.65. The molecule has 0 aromatic carbocycles. The van der Waals surface area contributed by atoms with Crippen molar-refractivity contribution in [2.45, 2.75) is 6.92 Å². The van der Waals surface area contributed by atoms with Crippen LogP contribution in [0.4, 0.5) is 4.79 Å². The van der Waals surface area contributed by atoms with E-state index in [4.69, 9.17) is 5.11 Å². The van der Waals surface area contributed by atoms with Crippen LogP contribution in [0.1, 0.15) is 6.92 Å². The van der Waals surface area contributed by atoms with Gasteiger partial charge in [0.1, 0.15) is 0 Å². The van der Waals surface area contributed by atoms with E-state index in [2.05, 4.69) is 4.74 Å². The lowest BCUT2D eigenvalue weighted by molar-refractivity contribution is -0.140. The number of nitrogens with one attached hydrogen (secondary N) is 1. The normalized spacial score (nSPS) is 11.6. The van der Waals surface area contributed by atoms with Gasteiger partial charge in [0, 0.05) is 5.75 Å². The second kappa shape index (κ2) is 7.10. The number of ether oxygens (including phenoxy) is 1. The highest BCUT2D eigenvalue weighted by Crippen LogP contribution is 2.07. The van der Waals surface area contributed by atoms with E-state index >= 15 is 0 Å². The Hall–Kier alpha value is -1.24. The maximum Gasteiger partial charge on any atom is 0.413 e. The lowest BCUT2D eigenvalue weighted by atomic mass is 10.2. The summed E-state index contributed by atoms with van der Waals surface area (Å²) in [6.45, 7) is 1.55. The van der Waals surface area contributed by atoms with Crippen LogP contribution < -0.4 is 5.32 Å². The molecule has 0 aliphatic heterocycles. The molecule has 7 heteroatoms. The average Bonchev–Trinajstić information content (AvgIpc) is 2.17. The van der Waals surface area contributed by atoms with E-state index in [1.165, 1.54) is 0 Å². The fourth-order valence-corrected chi connectivity index (χ4v) is 1.47. The Kier molecular flexibility index (Phi) is 6.52. The van der Waals surface area contributed by atoms with E-state index < -0.39 is 23.9 Å². The summed E-state index contributed by atoms with van der Waals surface area (Å²) in [7, 11) is 1.16. The van der Waals surface area contributed by atoms with E-state index in [0.717, 1.165) is 18.9 Å². The number of methoxy groups -OCH3 is 1. The maximum absolute atomic E-state index is 11.0. The predicted molar refractivity (Wildman–Crippen MR) is 54.7 cm³/mol. The first-order valence-electron chi connectivity index (χ1n) is 4.15. The number of imide groups is 1. The van der Waals surface area contributed by atoms with Gasteiger partial charge in [0.05, 0.1) is 18.8 Å². The summed E-state index contributed by atoms with van der Waals surface area (Å²) in [5.41, 5.74) is 0. The largest absolute Gasteiger partial charge is 0.481 e. The highest BCUT2D eigenvalue weighted by molar-refractivity contribution is 7.99. The molecule has 2 amide bonds. The molecule has 0 heterocycles. The highest BCUT2D eigenvalue weighted by atomic mass is 32.2. The van der Waals surface area contributed by atoms with Gasteiger partial charge in [-0.1, -0.05) is 6.92 Å². The van der Waals surface area contributed by atoms with Gasteiger partial charge in [-0.3, -0.25) is 14.9 Å². The van der Waals surface area contributed by atoms with Crippen LogP contribution in [0.2, 0.25) is 0 Å². The number of carboxylic acid groups (broad SMARTS) is 1. The van der Waals surface area contributed by atoms with Crippen molar-refractivity contribution in [1.82, 2.24) is 5.32 Å². The Morgan fingerprint density at radius 1 is 1.47 bits per heavy atom. The zero-order valence-corrected chi connectivity index (χ0v) is 9.30. The van der Waals surface area contributed by atoms with Crippen molar-refractivity contribution in [2.75, 3.05) is 18.6 Å². The number of hydrogen-bond donors (Lipinski definition) is 2. The van der Waals surface area contributed by atoms with Crippen LogP contribution in [0.3, 0.4) is 0 Å². The molecular formula is C8H13NO5S. The average molecular weight is 235 g/mol. The molecule has 0 saturated carbocycles. The molecule has 0 aromatic rings. The highest BCUT2D eigenvalue weighted by Gasteiger charge is 2.12. The van der Waals surface area contributed by atoms with E-state index in [1.54, 1.807) is 6.92 Å². The lowest BCUT2D eigenvalue weighted by Gasteiger charge is -2.05. The summed E-state index contributed by atoms with van der Waals surface area (Å²) in [4.78, 5) is 32.0. The first-order chi connectivity index (χ1) is 6.97. The van der Waals surface area contributed by atoms with Gasteiger partial charge < -0.3 is 9.84 Å². The van der Waals surface area contributed by atoms with Gasteiger partial charge in [-0.2, -0.15) is 11.8 Å². The molecule has 15 heavy (non-hydrogen) atoms. The third-order valence-electron chi connectivity index (χ3n) is 1.45. The number of rotatable bonds is 5. The molecule has 0 aromatic heterocycles. The number of thioether (sulfide) groups is 1. The minimum Gasteiger partial charge on any atom is -0.481 e. The molecule has 0 spiro atoms. The van der Waals surface area contributed by atoms with E-state index in [1.807, 2.05) is 5.32 Å². The number of aliphatic carboxylic acids is 1. The summed E-state index contributed by atoms with van der Waals surface area (Å²) in [5.74, 6) is -1.56. The van der Waals surface area contributed by atoms with Crippen molar-refractivity contribution in [3.05, 3.63) is 0 Å². The van der Waals surface area contributed by atoms with Gasteiger partial charge in [-0.15, -0.1) is 0 Å². The van der Waals surface area contributed by atoms with E-state index in [-0.39, 0.29) is 5.75 Å². The molecule has 1 unspecified atom stereocenters. The van der Waals surface area contributed by atoms with E-state index in [0.29, 0.717) is 5.75 Å². The monoisotopic (exact) mass is 235 g/mol. The molecule has 0 rings (SSSR count). The Morgan fingerprint density at radius 2 is 2.07 bits per heavy atom. The molecule has 0 radical (unpaired) electrons. The Balaban J connectivity index is 3.64. The quantitative estimate of drug-likeness (QED) is 0.713. The smallest absolute Gasteiger partial charge is 0.413 e. The zero-order valence-electron chi connectivity index (χ0n) is 8.48. The van der Waals surface area contributed by atoms with Gasteiger partial charge in [-0.25, -0.2) is 4.79 Å². The summed E-state index contributed by atoms with van der Waals surface area (Å²) < 4.78 is 4.21. The van der Waals surface area contributed by atoms with Crippen LogP contribution >= 0.6 is 11.8 Å². The Labute approximate surface area is 91.4 Å². The van der Waals surface area contributed by atoms with Crippen molar-refractivity contribution in [2.24, 2.45) is 5.92 Å². The first kappa shape index (κ1) is 13.8. The van der Waals surface area contributed by atoms with Crippen LogP contribution in [0.15, 0.2) is 0 Å². The number of amides is 2. The van der Waals surface area contributed by atoms with Crippen LogP contribution in [0.25, 0.3) is 0 Å². The Morgan fingerprint density at radius 3 is 2.53 bits per heavy atom. The standard InChI is InChI=1S/C8H13NO5S/c1-5(7(11)12)3-15-4-6(10)9-8(13)14-2/h5H,3-4H2,1-2H3,(H,11,12)(H,9,10,13). The molecule has 0 bridgehead atoms. The van der Waals surface area contributed by atoms with Crippen molar-refractivity contribution >= 4 is 29.7 Å². The van der Waals surface area contributed by atoms with Gasteiger partial charge in [-0.05, 0) is 0 Å². The van der Waals surface area contributed by atoms with Gasteiger partial charge in [0.25, 0.3) is 0 Å². The number of hydrogen-bond acceptors (Lipinski definition) is 5. The van der Waals surface area contributed by atoms with Gasteiger partial charge >= 0.3 is 12.1 Å². The molecule has 0 aliphatic carbocycles. The van der Waals surface area contributed by atoms with Crippen molar-refractivity contribution < 1.29 is 24.2 Å². The summed E-state index contributed by atoms with van der Waals surface area (Å²) in [5, 5.41) is 10.5. The van der Waals surface area contributed by atoms with Crippen molar-refractivity contribution in [3.8, 4) is 0 Å². The summed E-state index contributed by atoms with van der Waals surface area (Å²) in [6, 6.07) is 0. The molecule has 86 valence electrons. The molecule has 0 fully saturated rings. The number of carbonyl (C=O) groups excluding carboxylic acids is 2. The van der Waals surface area contributed by atoms with Crippen LogP contribution in [-0.2, 0) is 14.3 Å².